The molecule has 0 aromatic carbocycles. The van der Waals surface area contributed by atoms with Gasteiger partial charge in [0.1, 0.15) is 0 Å². The van der Waals surface area contributed by atoms with Gasteiger partial charge in [0.05, 0.1) is 0 Å². The molecule has 0 aliphatic carbocycles. The first-order valence-electron chi connectivity index (χ1n) is 6.65. The molecule has 1 heterocycles. The Balaban J connectivity index is 2.46. The molecule has 1 aliphatic heterocycles. The highest BCUT2D eigenvalue weighted by molar-refractivity contribution is 4.85. The van der Waals surface area contributed by atoms with Gasteiger partial charge in [-0.1, -0.05) is 13.8 Å². The summed E-state index contributed by atoms with van der Waals surface area (Å²) in [7, 11) is 4.43. The predicted molar refractivity (Wildman–Crippen MR) is 70.6 cm³/mol. The quantitative estimate of drug-likeness (QED) is 0.788. The molecule has 0 saturated carbocycles. The van der Waals surface area contributed by atoms with E-state index in [2.05, 4.69) is 37.7 Å². The van der Waals surface area contributed by atoms with Crippen LogP contribution in [-0.4, -0.2) is 55.6 Å². The van der Waals surface area contributed by atoms with E-state index in [1.165, 1.54) is 25.9 Å². The molecule has 96 valence electrons. The summed E-state index contributed by atoms with van der Waals surface area (Å²) in [5.41, 5.74) is 6.35. The summed E-state index contributed by atoms with van der Waals surface area (Å²) in [6, 6.07) is 0.860. The van der Waals surface area contributed by atoms with E-state index in [4.69, 9.17) is 5.73 Å². The van der Waals surface area contributed by atoms with Crippen LogP contribution < -0.4 is 5.73 Å². The fourth-order valence-corrected chi connectivity index (χ4v) is 2.49. The molecule has 1 fully saturated rings. The van der Waals surface area contributed by atoms with Crippen LogP contribution in [0.3, 0.4) is 0 Å². The number of hydrogen-bond donors (Lipinski definition) is 1. The van der Waals surface area contributed by atoms with Crippen LogP contribution in [0, 0.1) is 5.92 Å². The van der Waals surface area contributed by atoms with Gasteiger partial charge >= 0.3 is 0 Å². The molecule has 2 N–H and O–H groups in total. The minimum Gasteiger partial charge on any atom is -0.326 e. The molecule has 1 aliphatic rings. The van der Waals surface area contributed by atoms with Crippen molar-refractivity contribution in [3.05, 3.63) is 0 Å². The standard InChI is InChI=1S/C13H29N3/c1-11(2)6-7-12(14)13-10-15(3)8-5-9-16(13)4/h11-13H,5-10,14H2,1-4H3. The van der Waals surface area contributed by atoms with Gasteiger partial charge in [0, 0.05) is 18.6 Å². The molecule has 2 unspecified atom stereocenters. The number of hydrogen-bond acceptors (Lipinski definition) is 3. The van der Waals surface area contributed by atoms with Crippen LogP contribution in [0.2, 0.25) is 0 Å². The molecule has 0 spiro atoms. The Bertz CT molecular complexity index is 194. The Kier molecular flexibility index (Phi) is 5.73. The second kappa shape index (κ2) is 6.58. The maximum Gasteiger partial charge on any atom is 0.0371 e. The van der Waals surface area contributed by atoms with Crippen LogP contribution in [0.1, 0.15) is 33.1 Å². The summed E-state index contributed by atoms with van der Waals surface area (Å²) in [6.45, 7) is 8.06. The van der Waals surface area contributed by atoms with E-state index in [-0.39, 0.29) is 0 Å². The Morgan fingerprint density at radius 2 is 1.88 bits per heavy atom. The first-order valence-corrected chi connectivity index (χ1v) is 6.65. The maximum atomic E-state index is 6.35. The highest BCUT2D eigenvalue weighted by Gasteiger charge is 2.25. The Morgan fingerprint density at radius 3 is 2.50 bits per heavy atom. The van der Waals surface area contributed by atoms with Crippen molar-refractivity contribution in [1.82, 2.24) is 9.80 Å². The lowest BCUT2D eigenvalue weighted by Gasteiger charge is -2.32. The zero-order valence-electron chi connectivity index (χ0n) is 11.4. The third-order valence-electron chi connectivity index (χ3n) is 3.69. The first kappa shape index (κ1) is 13.9. The lowest BCUT2D eigenvalue weighted by atomic mass is 9.98. The third kappa shape index (κ3) is 4.40. The van der Waals surface area contributed by atoms with Gasteiger partial charge in [0.25, 0.3) is 0 Å². The normalized spacial score (nSPS) is 27.0. The second-order valence-electron chi connectivity index (χ2n) is 5.80. The summed E-state index contributed by atoms with van der Waals surface area (Å²) in [4.78, 5) is 4.87. The molecule has 0 aromatic heterocycles. The highest BCUT2D eigenvalue weighted by atomic mass is 15.2. The van der Waals surface area contributed by atoms with Crippen LogP contribution in [0.15, 0.2) is 0 Å². The van der Waals surface area contributed by atoms with E-state index in [0.717, 1.165) is 18.9 Å². The lowest BCUT2D eigenvalue weighted by Crippen LogP contribution is -2.50. The smallest absolute Gasteiger partial charge is 0.0371 e. The minimum atomic E-state index is 0.327. The van der Waals surface area contributed by atoms with Gasteiger partial charge < -0.3 is 15.5 Å². The predicted octanol–water partition coefficient (Wildman–Crippen LogP) is 1.39. The van der Waals surface area contributed by atoms with Crippen molar-refractivity contribution in [2.75, 3.05) is 33.7 Å². The average Bonchev–Trinajstić information content (AvgIpc) is 2.37. The summed E-state index contributed by atoms with van der Waals surface area (Å²) in [5.74, 6) is 0.764. The third-order valence-corrected chi connectivity index (χ3v) is 3.69. The molecular weight excluding hydrogens is 198 g/mol. The van der Waals surface area contributed by atoms with Gasteiger partial charge in [-0.25, -0.2) is 0 Å². The van der Waals surface area contributed by atoms with Crippen LogP contribution in [-0.2, 0) is 0 Å². The van der Waals surface area contributed by atoms with Gasteiger partial charge in [-0.15, -0.1) is 0 Å². The van der Waals surface area contributed by atoms with E-state index in [9.17, 15) is 0 Å². The molecular formula is C13H29N3. The molecule has 1 saturated heterocycles. The number of nitrogens with zero attached hydrogens (tertiary/aromatic N) is 2. The molecule has 0 aromatic rings. The molecule has 16 heavy (non-hydrogen) atoms. The summed E-state index contributed by atoms with van der Waals surface area (Å²) < 4.78 is 0. The van der Waals surface area contributed by atoms with Crippen molar-refractivity contribution in [3.63, 3.8) is 0 Å². The average molecular weight is 227 g/mol. The topological polar surface area (TPSA) is 32.5 Å². The van der Waals surface area contributed by atoms with Crippen LogP contribution in [0.5, 0.6) is 0 Å². The largest absolute Gasteiger partial charge is 0.326 e. The van der Waals surface area contributed by atoms with Gasteiger partial charge in [-0.05, 0) is 52.4 Å². The lowest BCUT2D eigenvalue weighted by molar-refractivity contribution is 0.187. The van der Waals surface area contributed by atoms with E-state index in [1.807, 2.05) is 0 Å². The molecule has 0 amide bonds. The summed E-state index contributed by atoms with van der Waals surface area (Å²) in [5, 5.41) is 0. The van der Waals surface area contributed by atoms with Gasteiger partial charge in [0.15, 0.2) is 0 Å². The van der Waals surface area contributed by atoms with Gasteiger partial charge in [0.2, 0.25) is 0 Å². The van der Waals surface area contributed by atoms with Crippen LogP contribution >= 0.6 is 0 Å². The fourth-order valence-electron chi connectivity index (χ4n) is 2.49. The highest BCUT2D eigenvalue weighted by Crippen LogP contribution is 2.14. The van der Waals surface area contributed by atoms with E-state index >= 15 is 0 Å². The molecule has 3 nitrogen and oxygen atoms in total. The summed E-state index contributed by atoms with van der Waals surface area (Å²) >= 11 is 0. The minimum absolute atomic E-state index is 0.327. The monoisotopic (exact) mass is 227 g/mol. The van der Waals surface area contributed by atoms with Crippen molar-refractivity contribution in [2.24, 2.45) is 11.7 Å². The Hall–Kier alpha value is -0.120. The van der Waals surface area contributed by atoms with Crippen molar-refractivity contribution in [1.29, 1.82) is 0 Å². The van der Waals surface area contributed by atoms with E-state index in [1.54, 1.807) is 0 Å². The number of likely N-dealkylation sites (N-methyl/N-ethyl adjacent to an activating group) is 2. The van der Waals surface area contributed by atoms with Crippen molar-refractivity contribution < 1.29 is 0 Å². The van der Waals surface area contributed by atoms with Crippen LogP contribution in [0.4, 0.5) is 0 Å². The van der Waals surface area contributed by atoms with Gasteiger partial charge in [-0.3, -0.25) is 0 Å². The zero-order chi connectivity index (χ0) is 12.1. The molecule has 0 bridgehead atoms. The SMILES string of the molecule is CC(C)CCC(N)C1CN(C)CCCN1C. The fraction of sp³-hybridized carbons (Fsp3) is 1.00. The van der Waals surface area contributed by atoms with Crippen molar-refractivity contribution in [2.45, 2.75) is 45.2 Å². The molecule has 0 radical (unpaired) electrons. The van der Waals surface area contributed by atoms with Crippen molar-refractivity contribution in [3.8, 4) is 0 Å². The molecule has 1 rings (SSSR count). The molecule has 2 atom stereocenters. The van der Waals surface area contributed by atoms with E-state index < -0.39 is 0 Å². The Labute approximate surface area is 101 Å². The second-order valence-corrected chi connectivity index (χ2v) is 5.80. The Morgan fingerprint density at radius 1 is 1.19 bits per heavy atom. The molecule has 3 heteroatoms. The first-order chi connectivity index (χ1) is 7.50. The van der Waals surface area contributed by atoms with E-state index in [0.29, 0.717) is 12.1 Å². The number of nitrogens with two attached hydrogens (primary N) is 1. The van der Waals surface area contributed by atoms with Gasteiger partial charge in [-0.2, -0.15) is 0 Å². The maximum absolute atomic E-state index is 6.35. The van der Waals surface area contributed by atoms with Crippen LogP contribution in [0.25, 0.3) is 0 Å². The summed E-state index contributed by atoms with van der Waals surface area (Å²) in [6.07, 6.45) is 3.66. The van der Waals surface area contributed by atoms with Crippen molar-refractivity contribution >= 4 is 0 Å². The number of rotatable bonds is 4. The zero-order valence-corrected chi connectivity index (χ0v) is 11.4.